The van der Waals surface area contributed by atoms with E-state index in [0.717, 1.165) is 48.9 Å². The monoisotopic (exact) mass is 383 g/mol. The average Bonchev–Trinajstić information content (AvgIpc) is 3.18. The smallest absolute Gasteiger partial charge is 0.253 e. The quantitative estimate of drug-likeness (QED) is 0.803. The van der Waals surface area contributed by atoms with Gasteiger partial charge in [-0.15, -0.1) is 0 Å². The molecule has 2 aliphatic heterocycles. The summed E-state index contributed by atoms with van der Waals surface area (Å²) in [6.45, 7) is 4.06. The standard InChI is InChI=1S/C22H26ClN3O/c23-20-3-1-17(2-4-20)15-18-7-12-26(16-18)21-8-13-25(14-9-21)22(27)19-5-10-24-11-6-19/h1-6,10-11,18,21H,7-9,12-16H2. The second kappa shape index (κ2) is 8.41. The van der Waals surface area contributed by atoms with Crippen LogP contribution in [-0.4, -0.2) is 52.9 Å². The van der Waals surface area contributed by atoms with Gasteiger partial charge in [-0.2, -0.15) is 0 Å². The molecule has 4 rings (SSSR count). The number of piperidine rings is 1. The summed E-state index contributed by atoms with van der Waals surface area (Å²) in [5, 5.41) is 0.805. The number of hydrogen-bond acceptors (Lipinski definition) is 3. The van der Waals surface area contributed by atoms with Crippen LogP contribution in [0.2, 0.25) is 5.02 Å². The number of pyridine rings is 1. The number of carbonyl (C=O) groups excluding carboxylic acids is 1. The average molecular weight is 384 g/mol. The molecule has 1 unspecified atom stereocenters. The lowest BCUT2D eigenvalue weighted by molar-refractivity contribution is 0.0641. The Balaban J connectivity index is 1.26. The summed E-state index contributed by atoms with van der Waals surface area (Å²) in [6.07, 6.45) is 7.91. The van der Waals surface area contributed by atoms with E-state index in [-0.39, 0.29) is 5.91 Å². The third-order valence-electron chi connectivity index (χ3n) is 5.95. The molecular formula is C22H26ClN3O. The zero-order valence-electron chi connectivity index (χ0n) is 15.6. The molecule has 0 N–H and O–H groups in total. The Hall–Kier alpha value is -1.91. The number of aromatic nitrogens is 1. The van der Waals surface area contributed by atoms with Gasteiger partial charge in [0.25, 0.3) is 5.91 Å². The van der Waals surface area contributed by atoms with Crippen molar-refractivity contribution in [3.8, 4) is 0 Å². The van der Waals surface area contributed by atoms with Crippen LogP contribution in [0.15, 0.2) is 48.8 Å². The predicted octanol–water partition coefficient (Wildman–Crippen LogP) is 3.90. The maximum absolute atomic E-state index is 12.6. The van der Waals surface area contributed by atoms with Crippen molar-refractivity contribution in [1.82, 2.24) is 14.8 Å². The molecule has 0 saturated carbocycles. The maximum atomic E-state index is 12.6. The van der Waals surface area contributed by atoms with E-state index in [1.807, 2.05) is 17.0 Å². The largest absolute Gasteiger partial charge is 0.339 e. The van der Waals surface area contributed by atoms with Crippen LogP contribution in [0.4, 0.5) is 0 Å². The summed E-state index contributed by atoms with van der Waals surface area (Å²) in [7, 11) is 0. The summed E-state index contributed by atoms with van der Waals surface area (Å²) in [4.78, 5) is 21.2. The van der Waals surface area contributed by atoms with Gasteiger partial charge < -0.3 is 4.90 Å². The molecule has 1 amide bonds. The number of likely N-dealkylation sites (tertiary alicyclic amines) is 2. The highest BCUT2D eigenvalue weighted by molar-refractivity contribution is 6.30. The number of hydrogen-bond donors (Lipinski definition) is 0. The highest BCUT2D eigenvalue weighted by Gasteiger charge is 2.32. The van der Waals surface area contributed by atoms with E-state index in [1.165, 1.54) is 25.1 Å². The van der Waals surface area contributed by atoms with Gasteiger partial charge in [0.05, 0.1) is 0 Å². The van der Waals surface area contributed by atoms with Crippen LogP contribution < -0.4 is 0 Å². The molecule has 2 aliphatic rings. The highest BCUT2D eigenvalue weighted by atomic mass is 35.5. The van der Waals surface area contributed by atoms with Gasteiger partial charge in [0.1, 0.15) is 0 Å². The first kappa shape index (κ1) is 18.5. The molecule has 2 saturated heterocycles. The van der Waals surface area contributed by atoms with Crippen molar-refractivity contribution in [2.75, 3.05) is 26.2 Å². The van der Waals surface area contributed by atoms with Crippen molar-refractivity contribution >= 4 is 17.5 Å². The summed E-state index contributed by atoms with van der Waals surface area (Å²) >= 11 is 5.99. The molecule has 142 valence electrons. The Morgan fingerprint density at radius 3 is 2.41 bits per heavy atom. The minimum atomic E-state index is 0.137. The number of halogens is 1. The molecule has 0 aliphatic carbocycles. The number of carbonyl (C=O) groups is 1. The number of benzene rings is 1. The van der Waals surface area contributed by atoms with Gasteiger partial charge in [-0.1, -0.05) is 23.7 Å². The Bertz CT molecular complexity index is 757. The number of nitrogens with zero attached hydrogens (tertiary/aromatic N) is 3. The summed E-state index contributed by atoms with van der Waals surface area (Å²) in [6, 6.07) is 12.5. The predicted molar refractivity (Wildman–Crippen MR) is 108 cm³/mol. The van der Waals surface area contributed by atoms with Crippen molar-refractivity contribution in [3.63, 3.8) is 0 Å². The van der Waals surface area contributed by atoms with Crippen LogP contribution in [0.1, 0.15) is 35.2 Å². The van der Waals surface area contributed by atoms with Gasteiger partial charge in [0.15, 0.2) is 0 Å². The van der Waals surface area contributed by atoms with Crippen LogP contribution in [0.25, 0.3) is 0 Å². The Morgan fingerprint density at radius 2 is 1.70 bits per heavy atom. The molecule has 1 aromatic heterocycles. The molecule has 1 atom stereocenters. The second-order valence-electron chi connectivity index (χ2n) is 7.74. The molecule has 3 heterocycles. The van der Waals surface area contributed by atoms with Crippen molar-refractivity contribution in [3.05, 3.63) is 64.9 Å². The maximum Gasteiger partial charge on any atom is 0.253 e. The molecule has 0 spiro atoms. The molecule has 1 aromatic carbocycles. The second-order valence-corrected chi connectivity index (χ2v) is 8.18. The van der Waals surface area contributed by atoms with Crippen molar-refractivity contribution < 1.29 is 4.79 Å². The van der Waals surface area contributed by atoms with Gasteiger partial charge in [0, 0.05) is 48.7 Å². The van der Waals surface area contributed by atoms with Crippen LogP contribution in [0.5, 0.6) is 0 Å². The van der Waals surface area contributed by atoms with E-state index in [2.05, 4.69) is 22.0 Å². The topological polar surface area (TPSA) is 36.4 Å². The molecule has 0 radical (unpaired) electrons. The lowest BCUT2D eigenvalue weighted by atomic mass is 9.98. The normalized spacial score (nSPS) is 21.5. The first-order chi connectivity index (χ1) is 13.2. The van der Waals surface area contributed by atoms with Crippen molar-refractivity contribution in [2.24, 2.45) is 5.92 Å². The van der Waals surface area contributed by atoms with Crippen molar-refractivity contribution in [2.45, 2.75) is 31.7 Å². The molecular weight excluding hydrogens is 358 g/mol. The SMILES string of the molecule is O=C(c1ccncc1)N1CCC(N2CCC(Cc3ccc(Cl)cc3)C2)CC1. The lowest BCUT2D eigenvalue weighted by Gasteiger charge is -2.37. The molecule has 4 nitrogen and oxygen atoms in total. The fourth-order valence-corrected chi connectivity index (χ4v) is 4.55. The van der Waals surface area contributed by atoms with Gasteiger partial charge in [-0.05, 0) is 68.0 Å². The molecule has 5 heteroatoms. The summed E-state index contributed by atoms with van der Waals surface area (Å²) < 4.78 is 0. The van der Waals surface area contributed by atoms with Gasteiger partial charge in [0.2, 0.25) is 0 Å². The molecule has 27 heavy (non-hydrogen) atoms. The lowest BCUT2D eigenvalue weighted by Crippen LogP contribution is -2.46. The fourth-order valence-electron chi connectivity index (χ4n) is 4.43. The minimum Gasteiger partial charge on any atom is -0.339 e. The minimum absolute atomic E-state index is 0.137. The first-order valence-corrected chi connectivity index (χ1v) is 10.2. The van der Waals surface area contributed by atoms with Crippen LogP contribution >= 0.6 is 11.6 Å². The zero-order valence-corrected chi connectivity index (χ0v) is 16.3. The third kappa shape index (κ3) is 4.50. The van der Waals surface area contributed by atoms with E-state index in [0.29, 0.717) is 6.04 Å². The summed E-state index contributed by atoms with van der Waals surface area (Å²) in [5.41, 5.74) is 2.12. The fraction of sp³-hybridized carbons (Fsp3) is 0.455. The molecule has 2 fully saturated rings. The van der Waals surface area contributed by atoms with Crippen LogP contribution in [0, 0.1) is 5.92 Å². The van der Waals surface area contributed by atoms with Crippen LogP contribution in [0.3, 0.4) is 0 Å². The van der Waals surface area contributed by atoms with E-state index < -0.39 is 0 Å². The molecule has 0 bridgehead atoms. The Labute approximate surface area is 166 Å². The summed E-state index contributed by atoms with van der Waals surface area (Å²) in [5.74, 6) is 0.862. The van der Waals surface area contributed by atoms with E-state index in [1.54, 1.807) is 24.5 Å². The van der Waals surface area contributed by atoms with Crippen molar-refractivity contribution in [1.29, 1.82) is 0 Å². The van der Waals surface area contributed by atoms with Gasteiger partial charge in [-0.3, -0.25) is 14.7 Å². The zero-order chi connectivity index (χ0) is 18.6. The third-order valence-corrected chi connectivity index (χ3v) is 6.20. The van der Waals surface area contributed by atoms with Gasteiger partial charge >= 0.3 is 0 Å². The molecule has 2 aromatic rings. The van der Waals surface area contributed by atoms with Gasteiger partial charge in [-0.25, -0.2) is 0 Å². The first-order valence-electron chi connectivity index (χ1n) is 9.87. The number of amides is 1. The highest BCUT2D eigenvalue weighted by Crippen LogP contribution is 2.27. The van der Waals surface area contributed by atoms with E-state index >= 15 is 0 Å². The van der Waals surface area contributed by atoms with Crippen LogP contribution in [-0.2, 0) is 6.42 Å². The Kier molecular flexibility index (Phi) is 5.74. The van der Waals surface area contributed by atoms with E-state index in [4.69, 9.17) is 11.6 Å². The van der Waals surface area contributed by atoms with E-state index in [9.17, 15) is 4.79 Å². The Morgan fingerprint density at radius 1 is 1.00 bits per heavy atom. The number of rotatable bonds is 4.